The van der Waals surface area contributed by atoms with Gasteiger partial charge in [0, 0.05) is 55.9 Å². The van der Waals surface area contributed by atoms with Gasteiger partial charge in [0.1, 0.15) is 0 Å². The zero-order chi connectivity index (χ0) is 33.6. The molecule has 5 heteroatoms. The van der Waals surface area contributed by atoms with Crippen LogP contribution in [0.3, 0.4) is 0 Å². The number of hydrogen-bond donors (Lipinski definition) is 5. The minimum Gasteiger partial charge on any atom is -0.401 e. The van der Waals surface area contributed by atoms with E-state index in [1.165, 1.54) is 5.57 Å². The molecule has 7 N–H and O–H groups in total. The molecule has 3 aromatic carbocycles. The average molecular weight is 638 g/mol. The summed E-state index contributed by atoms with van der Waals surface area (Å²) in [5, 5.41) is 11.3. The van der Waals surface area contributed by atoms with Gasteiger partial charge in [-0.3, -0.25) is 0 Å². The van der Waals surface area contributed by atoms with Crippen LogP contribution in [0, 0.1) is 5.41 Å². The molecule has 0 radical (unpaired) electrons. The zero-order valence-electron chi connectivity index (χ0n) is 27.2. The standard InChI is InChI=1S/C44H39N5/c45-34-24-22-33(23-25-34)43-37(46)20-10-18-35(30-12-4-1-5-13-30)39-26-28-41(48-39)44(32-16-8-3-9-17-32)42-29-27-40(49-42)36(19-11-21-38(43)47)31-14-6-2-7-15-31/h1-6,8-14,16-29,43,46,48-49H,7,15,45,47H2. The monoisotopic (exact) mass is 637 g/mol. The number of aromatic amines is 2. The summed E-state index contributed by atoms with van der Waals surface area (Å²) in [6.45, 7) is 0. The molecule has 5 nitrogen and oxygen atoms in total. The smallest absolute Gasteiger partial charge is 0.0651 e. The van der Waals surface area contributed by atoms with Gasteiger partial charge in [-0.1, -0.05) is 115 Å². The highest BCUT2D eigenvalue weighted by atomic mass is 14.7. The normalized spacial score (nSPS) is 16.9. The minimum absolute atomic E-state index is 0.377. The summed E-state index contributed by atoms with van der Waals surface area (Å²) in [5.74, 6) is -0.452. The van der Waals surface area contributed by atoms with Crippen molar-refractivity contribution in [2.75, 3.05) is 5.73 Å². The van der Waals surface area contributed by atoms with Gasteiger partial charge in [-0.05, 0) is 83.7 Å². The lowest BCUT2D eigenvalue weighted by Gasteiger charge is -2.18. The molecular formula is C44H39N5. The van der Waals surface area contributed by atoms with E-state index in [4.69, 9.17) is 11.5 Å². The van der Waals surface area contributed by atoms with Crippen LogP contribution in [0.5, 0.6) is 0 Å². The Bertz CT molecular complexity index is 2290. The van der Waals surface area contributed by atoms with E-state index in [1.54, 1.807) is 0 Å². The maximum Gasteiger partial charge on any atom is 0.0651 e. The van der Waals surface area contributed by atoms with E-state index < -0.39 is 5.92 Å². The van der Waals surface area contributed by atoms with Gasteiger partial charge in [-0.2, -0.15) is 0 Å². The molecule has 1 unspecified atom stereocenters. The predicted octanol–water partition coefficient (Wildman–Crippen LogP) is 7.80. The Kier molecular flexibility index (Phi) is 9.06. The second kappa shape index (κ2) is 14.2. The molecule has 5 aromatic rings. The van der Waals surface area contributed by atoms with Crippen molar-refractivity contribution in [1.82, 2.24) is 9.97 Å². The molecule has 0 saturated carbocycles. The van der Waals surface area contributed by atoms with Crippen molar-refractivity contribution in [1.29, 1.82) is 5.41 Å². The first-order valence-corrected chi connectivity index (χ1v) is 16.6. The number of anilines is 1. The molecule has 49 heavy (non-hydrogen) atoms. The third-order valence-electron chi connectivity index (χ3n) is 9.00. The number of hydrogen-bond acceptors (Lipinski definition) is 3. The first-order chi connectivity index (χ1) is 24.0. The Balaban J connectivity index is 1.49. The van der Waals surface area contributed by atoms with Crippen molar-refractivity contribution in [3.8, 4) is 0 Å². The first kappa shape index (κ1) is 31.3. The number of rotatable bonds is 4. The summed E-state index contributed by atoms with van der Waals surface area (Å²) in [4.78, 5) is 7.53. The van der Waals surface area contributed by atoms with Crippen LogP contribution >= 0.6 is 0 Å². The lowest BCUT2D eigenvalue weighted by molar-refractivity contribution is 0.993. The fraction of sp³-hybridized carbons (Fsp3) is 0.0682. The van der Waals surface area contributed by atoms with Gasteiger partial charge in [0.2, 0.25) is 0 Å². The maximum absolute atomic E-state index is 9.22. The van der Waals surface area contributed by atoms with Gasteiger partial charge in [0.25, 0.3) is 0 Å². The van der Waals surface area contributed by atoms with Crippen molar-refractivity contribution in [3.05, 3.63) is 214 Å². The molecule has 7 rings (SSSR count). The number of nitrogen functional groups attached to an aromatic ring is 1. The highest BCUT2D eigenvalue weighted by Crippen LogP contribution is 2.29. The van der Waals surface area contributed by atoms with Gasteiger partial charge in [0.15, 0.2) is 0 Å². The molecule has 2 aromatic heterocycles. The highest BCUT2D eigenvalue weighted by molar-refractivity contribution is 6.00. The van der Waals surface area contributed by atoms with E-state index >= 15 is 0 Å². The van der Waals surface area contributed by atoms with Crippen LogP contribution in [-0.2, 0) is 0 Å². The molecule has 0 spiro atoms. The molecule has 1 aliphatic heterocycles. The van der Waals surface area contributed by atoms with Crippen LogP contribution in [0.1, 0.15) is 46.8 Å². The summed E-state index contributed by atoms with van der Waals surface area (Å²) in [6, 6.07) is 37.0. The quantitative estimate of drug-likeness (QED) is 0.130. The third kappa shape index (κ3) is 6.87. The topological polar surface area (TPSA) is 107 Å². The van der Waals surface area contributed by atoms with Crippen LogP contribution < -0.4 is 22.2 Å². The van der Waals surface area contributed by atoms with Crippen molar-refractivity contribution >= 4 is 28.1 Å². The van der Waals surface area contributed by atoms with E-state index in [9.17, 15) is 5.41 Å². The predicted molar refractivity (Wildman–Crippen MR) is 204 cm³/mol. The van der Waals surface area contributed by atoms with E-state index in [0.29, 0.717) is 17.1 Å². The van der Waals surface area contributed by atoms with Gasteiger partial charge in [0.05, 0.1) is 5.92 Å². The minimum atomic E-state index is -0.452. The van der Waals surface area contributed by atoms with Crippen molar-refractivity contribution in [2.24, 2.45) is 5.73 Å². The van der Waals surface area contributed by atoms with Gasteiger partial charge in [-0.15, -0.1) is 0 Å². The molecule has 4 bridgehead atoms. The van der Waals surface area contributed by atoms with Crippen molar-refractivity contribution in [2.45, 2.75) is 18.8 Å². The maximum atomic E-state index is 9.22. The second-order valence-electron chi connectivity index (χ2n) is 12.3. The van der Waals surface area contributed by atoms with Crippen LogP contribution in [0.4, 0.5) is 5.69 Å². The summed E-state index contributed by atoms with van der Waals surface area (Å²) in [6.07, 6.45) is 20.3. The molecule has 0 saturated heterocycles. The Morgan fingerprint density at radius 1 is 0.612 bits per heavy atom. The number of allylic oxidation sites excluding steroid dienone is 11. The lowest BCUT2D eigenvalue weighted by atomic mass is 9.90. The lowest BCUT2D eigenvalue weighted by Crippen LogP contribution is -2.18. The summed E-state index contributed by atoms with van der Waals surface area (Å²) in [7, 11) is 0. The molecule has 0 amide bonds. The van der Waals surface area contributed by atoms with Gasteiger partial charge in [-0.25, -0.2) is 0 Å². The fourth-order valence-electron chi connectivity index (χ4n) is 6.55. The summed E-state index contributed by atoms with van der Waals surface area (Å²) in [5.41, 5.74) is 24.0. The number of benzene rings is 3. The molecule has 3 heterocycles. The molecule has 240 valence electrons. The van der Waals surface area contributed by atoms with E-state index in [1.807, 2.05) is 72.8 Å². The van der Waals surface area contributed by atoms with Gasteiger partial charge < -0.3 is 26.8 Å². The third-order valence-corrected chi connectivity index (χ3v) is 9.00. The van der Waals surface area contributed by atoms with E-state index in [0.717, 1.165) is 68.3 Å². The van der Waals surface area contributed by atoms with E-state index in [2.05, 4.69) is 101 Å². The van der Waals surface area contributed by atoms with Crippen LogP contribution in [-0.4, -0.2) is 15.7 Å². The van der Waals surface area contributed by atoms with Crippen molar-refractivity contribution < 1.29 is 0 Å². The second-order valence-corrected chi connectivity index (χ2v) is 12.3. The van der Waals surface area contributed by atoms with Crippen LogP contribution in [0.2, 0.25) is 0 Å². The SMILES string of the molecule is N=C1C=CC=C(c2ccccc2)c2ccc([nH]2)C(c2ccccc2)=c2ccc([nH]2)=C(C2=CC=CCC2)C=CC=C(N)C1c1ccc(N)cc1. The largest absolute Gasteiger partial charge is 0.401 e. The molecule has 1 atom stereocenters. The fourth-order valence-corrected chi connectivity index (χ4v) is 6.55. The number of aromatic nitrogens is 2. The number of fused-ring (bicyclic) bond motifs is 4. The summed E-state index contributed by atoms with van der Waals surface area (Å²) >= 11 is 0. The first-order valence-electron chi connectivity index (χ1n) is 16.6. The number of H-pyrrole nitrogens is 2. The van der Waals surface area contributed by atoms with Crippen molar-refractivity contribution in [3.63, 3.8) is 0 Å². The summed E-state index contributed by atoms with van der Waals surface area (Å²) < 4.78 is 0. The molecule has 1 aliphatic carbocycles. The zero-order valence-corrected chi connectivity index (χ0v) is 27.2. The van der Waals surface area contributed by atoms with Crippen LogP contribution in [0.25, 0.3) is 16.7 Å². The Hall–Kier alpha value is -6.33. The Morgan fingerprint density at radius 3 is 2.04 bits per heavy atom. The molecular weight excluding hydrogens is 599 g/mol. The highest BCUT2D eigenvalue weighted by Gasteiger charge is 2.19. The Morgan fingerprint density at radius 2 is 1.31 bits per heavy atom. The van der Waals surface area contributed by atoms with E-state index in [-0.39, 0.29) is 0 Å². The van der Waals surface area contributed by atoms with Gasteiger partial charge >= 0.3 is 0 Å². The average Bonchev–Trinajstić information content (AvgIpc) is 3.82. The number of nitrogens with two attached hydrogens (primary N) is 2. The van der Waals surface area contributed by atoms with Crippen LogP contribution in [0.15, 0.2) is 175 Å². The number of nitrogens with one attached hydrogen (secondary N) is 3. The molecule has 2 aliphatic rings. The molecule has 0 fully saturated rings. The Labute approximate surface area is 286 Å².